The van der Waals surface area contributed by atoms with Gasteiger partial charge in [-0.3, -0.25) is 13.9 Å². The number of carbonyl (C=O) groups excluding carboxylic acids is 2. The van der Waals surface area contributed by atoms with Crippen molar-refractivity contribution < 1.29 is 18.0 Å². The van der Waals surface area contributed by atoms with E-state index in [-0.39, 0.29) is 23.4 Å². The minimum Gasteiger partial charge on any atom is -0.352 e. The molecule has 240 valence electrons. The molecular formula is C37H40BrN3O4S. The van der Waals surface area contributed by atoms with E-state index in [0.29, 0.717) is 16.6 Å². The van der Waals surface area contributed by atoms with Gasteiger partial charge in [-0.25, -0.2) is 8.42 Å². The molecule has 0 bridgehead atoms. The van der Waals surface area contributed by atoms with Crippen LogP contribution in [-0.2, 0) is 32.6 Å². The second-order valence-corrected chi connectivity index (χ2v) is 14.6. The summed E-state index contributed by atoms with van der Waals surface area (Å²) < 4.78 is 30.1. The van der Waals surface area contributed by atoms with Gasteiger partial charge in [0.1, 0.15) is 12.6 Å². The van der Waals surface area contributed by atoms with Crippen molar-refractivity contribution in [1.29, 1.82) is 0 Å². The van der Waals surface area contributed by atoms with E-state index in [2.05, 4.69) is 21.2 Å². The third-order valence-corrected chi connectivity index (χ3v) is 10.8. The Bertz CT molecular complexity index is 1730. The van der Waals surface area contributed by atoms with E-state index < -0.39 is 28.5 Å². The first-order valence-corrected chi connectivity index (χ1v) is 18.0. The molecule has 0 aliphatic heterocycles. The average Bonchev–Trinajstić information content (AvgIpc) is 3.07. The normalized spacial score (nSPS) is 14.3. The first kappa shape index (κ1) is 33.4. The SMILES string of the molecule is Cc1ccccc1CN(C(=O)CN(c1cccc(Br)c1)S(=O)(=O)c1ccccc1)[C@@H](Cc1ccccc1)C(=O)NC1CCCCC1. The lowest BCUT2D eigenvalue weighted by Crippen LogP contribution is -2.55. The molecule has 46 heavy (non-hydrogen) atoms. The van der Waals surface area contributed by atoms with Crippen molar-refractivity contribution in [2.45, 2.75) is 69.0 Å². The van der Waals surface area contributed by atoms with Crippen LogP contribution < -0.4 is 9.62 Å². The second-order valence-electron chi connectivity index (χ2n) is 11.8. The molecule has 0 spiro atoms. The largest absolute Gasteiger partial charge is 0.352 e. The first-order valence-electron chi connectivity index (χ1n) is 15.7. The molecule has 1 aliphatic carbocycles. The number of nitrogens with zero attached hydrogens (tertiary/aromatic N) is 2. The Balaban J connectivity index is 1.56. The highest BCUT2D eigenvalue weighted by molar-refractivity contribution is 9.10. The van der Waals surface area contributed by atoms with E-state index in [1.807, 2.05) is 61.5 Å². The fraction of sp³-hybridized carbons (Fsp3) is 0.297. The molecule has 1 fully saturated rings. The summed E-state index contributed by atoms with van der Waals surface area (Å²) in [5, 5.41) is 3.25. The molecule has 1 saturated carbocycles. The molecule has 1 atom stereocenters. The van der Waals surface area contributed by atoms with Crippen molar-refractivity contribution in [2.75, 3.05) is 10.8 Å². The summed E-state index contributed by atoms with van der Waals surface area (Å²) in [7, 11) is -4.14. The van der Waals surface area contributed by atoms with Gasteiger partial charge in [0.15, 0.2) is 0 Å². The number of nitrogens with one attached hydrogen (secondary N) is 1. The third kappa shape index (κ3) is 8.44. The topological polar surface area (TPSA) is 86.8 Å². The zero-order valence-electron chi connectivity index (χ0n) is 26.0. The Morgan fingerprint density at radius 3 is 2.17 bits per heavy atom. The first-order chi connectivity index (χ1) is 22.2. The molecule has 2 amide bonds. The van der Waals surface area contributed by atoms with Crippen LogP contribution in [0.3, 0.4) is 0 Å². The van der Waals surface area contributed by atoms with Crippen LogP contribution in [0.5, 0.6) is 0 Å². The standard InChI is InChI=1S/C37H40BrN3O4S/c1-28-14-11-12-17-30(28)26-40(35(24-29-15-5-2-6-16-29)37(43)39-32-19-7-3-8-20-32)36(42)27-41(33-21-13-18-31(38)25-33)46(44,45)34-22-9-4-10-23-34/h2,4-6,9-18,21-23,25,32,35H,3,7-8,19-20,24,26-27H2,1H3,(H,39,43)/t35-/m0/s1. The molecule has 4 aromatic rings. The number of sulfonamides is 1. The van der Waals surface area contributed by atoms with Crippen LogP contribution in [0.25, 0.3) is 0 Å². The van der Waals surface area contributed by atoms with Crippen molar-refractivity contribution in [2.24, 2.45) is 0 Å². The lowest BCUT2D eigenvalue weighted by atomic mass is 9.94. The number of hydrogen-bond donors (Lipinski definition) is 1. The summed E-state index contributed by atoms with van der Waals surface area (Å²) in [6.07, 6.45) is 5.36. The fourth-order valence-corrected chi connectivity index (χ4v) is 7.76. The summed E-state index contributed by atoms with van der Waals surface area (Å²) >= 11 is 3.46. The van der Waals surface area contributed by atoms with E-state index in [1.54, 1.807) is 47.4 Å². The van der Waals surface area contributed by atoms with E-state index in [4.69, 9.17) is 0 Å². The maximum Gasteiger partial charge on any atom is 0.264 e. The Labute approximate surface area is 280 Å². The highest BCUT2D eigenvalue weighted by atomic mass is 79.9. The number of aryl methyl sites for hydroxylation is 1. The second kappa shape index (κ2) is 15.6. The Morgan fingerprint density at radius 1 is 0.848 bits per heavy atom. The smallest absolute Gasteiger partial charge is 0.264 e. The van der Waals surface area contributed by atoms with Gasteiger partial charge >= 0.3 is 0 Å². The lowest BCUT2D eigenvalue weighted by molar-refractivity contribution is -0.140. The van der Waals surface area contributed by atoms with Crippen molar-refractivity contribution in [3.8, 4) is 0 Å². The molecule has 7 nitrogen and oxygen atoms in total. The molecule has 4 aromatic carbocycles. The number of anilines is 1. The predicted octanol–water partition coefficient (Wildman–Crippen LogP) is 7.04. The molecule has 0 saturated heterocycles. The van der Waals surface area contributed by atoms with E-state index in [0.717, 1.165) is 53.1 Å². The average molecular weight is 703 g/mol. The van der Waals surface area contributed by atoms with Gasteiger partial charge < -0.3 is 10.2 Å². The molecule has 1 N–H and O–H groups in total. The van der Waals surface area contributed by atoms with E-state index >= 15 is 0 Å². The molecule has 0 aromatic heterocycles. The van der Waals surface area contributed by atoms with Crippen LogP contribution in [-0.4, -0.2) is 43.8 Å². The predicted molar refractivity (Wildman–Crippen MR) is 186 cm³/mol. The summed E-state index contributed by atoms with van der Waals surface area (Å²) in [5.74, 6) is -0.694. The van der Waals surface area contributed by atoms with Gasteiger partial charge in [-0.1, -0.05) is 114 Å². The number of halogens is 1. The maximum atomic E-state index is 14.7. The van der Waals surface area contributed by atoms with E-state index in [1.165, 1.54) is 12.1 Å². The molecule has 1 aliphatic rings. The molecule has 9 heteroatoms. The summed E-state index contributed by atoms with van der Waals surface area (Å²) in [5.41, 5.74) is 3.12. The van der Waals surface area contributed by atoms with Gasteiger partial charge in [-0.05, 0) is 66.8 Å². The van der Waals surface area contributed by atoms with Gasteiger partial charge in [0, 0.05) is 23.5 Å². The van der Waals surface area contributed by atoms with Crippen LogP contribution in [0.1, 0.15) is 48.8 Å². The van der Waals surface area contributed by atoms with Gasteiger partial charge in [0.25, 0.3) is 10.0 Å². The molecule has 0 heterocycles. The van der Waals surface area contributed by atoms with Gasteiger partial charge in [0.05, 0.1) is 10.6 Å². The number of carbonyl (C=O) groups is 2. The molecule has 0 radical (unpaired) electrons. The summed E-state index contributed by atoms with van der Waals surface area (Å²) in [4.78, 5) is 30.5. The molecular weight excluding hydrogens is 662 g/mol. The van der Waals surface area contributed by atoms with E-state index in [9.17, 15) is 18.0 Å². The summed E-state index contributed by atoms with van der Waals surface area (Å²) in [6, 6.07) is 31.6. The van der Waals surface area contributed by atoms with Crippen molar-refractivity contribution in [1.82, 2.24) is 10.2 Å². The van der Waals surface area contributed by atoms with Crippen LogP contribution in [0.15, 0.2) is 119 Å². The minimum absolute atomic E-state index is 0.0477. The van der Waals surface area contributed by atoms with Gasteiger partial charge in [-0.15, -0.1) is 0 Å². The van der Waals surface area contributed by atoms with Crippen molar-refractivity contribution in [3.63, 3.8) is 0 Å². The Kier molecular flexibility index (Phi) is 11.3. The highest BCUT2D eigenvalue weighted by Gasteiger charge is 2.35. The minimum atomic E-state index is -4.14. The number of benzene rings is 4. The third-order valence-electron chi connectivity index (χ3n) is 8.53. The monoisotopic (exact) mass is 701 g/mol. The molecule has 5 rings (SSSR count). The van der Waals surface area contributed by atoms with Crippen LogP contribution in [0.4, 0.5) is 5.69 Å². The van der Waals surface area contributed by atoms with Gasteiger partial charge in [-0.2, -0.15) is 0 Å². The Hall–Kier alpha value is -3.95. The fourth-order valence-electron chi connectivity index (χ4n) is 5.95. The molecule has 0 unspecified atom stereocenters. The lowest BCUT2D eigenvalue weighted by Gasteiger charge is -2.35. The quantitative estimate of drug-likeness (QED) is 0.172. The summed E-state index contributed by atoms with van der Waals surface area (Å²) in [6.45, 7) is 1.64. The zero-order valence-corrected chi connectivity index (χ0v) is 28.4. The Morgan fingerprint density at radius 2 is 1.50 bits per heavy atom. The number of amides is 2. The van der Waals surface area contributed by atoms with Crippen LogP contribution in [0, 0.1) is 6.92 Å². The van der Waals surface area contributed by atoms with Crippen molar-refractivity contribution in [3.05, 3.63) is 130 Å². The highest BCUT2D eigenvalue weighted by Crippen LogP contribution is 2.28. The maximum absolute atomic E-state index is 14.7. The van der Waals surface area contributed by atoms with Gasteiger partial charge in [0.2, 0.25) is 11.8 Å². The zero-order chi connectivity index (χ0) is 32.5. The number of hydrogen-bond acceptors (Lipinski definition) is 4. The van der Waals surface area contributed by atoms with Crippen LogP contribution in [0.2, 0.25) is 0 Å². The number of rotatable bonds is 12. The van der Waals surface area contributed by atoms with Crippen molar-refractivity contribution >= 4 is 43.5 Å². The van der Waals surface area contributed by atoms with Crippen LogP contribution >= 0.6 is 15.9 Å².